The Bertz CT molecular complexity index is 202. The van der Waals surface area contributed by atoms with Crippen molar-refractivity contribution in [3.8, 4) is 0 Å². The van der Waals surface area contributed by atoms with Gasteiger partial charge in [0.05, 0.1) is 5.92 Å². The lowest BCUT2D eigenvalue weighted by molar-refractivity contribution is -0.125. The number of nitrogens with one attached hydrogen (secondary N) is 1. The Balaban J connectivity index is 4.02. The monoisotopic (exact) mass is 228 g/mol. The summed E-state index contributed by atoms with van der Waals surface area (Å²) in [5.74, 6) is 1.72. The summed E-state index contributed by atoms with van der Waals surface area (Å²) in [5.41, 5.74) is 5.63. The number of carbonyl (C=O) groups is 1. The minimum absolute atomic E-state index is 0.0284. The van der Waals surface area contributed by atoms with E-state index in [0.717, 1.165) is 13.0 Å². The fourth-order valence-corrected chi connectivity index (χ4v) is 1.52. The lowest BCUT2D eigenvalue weighted by atomic mass is 9.95. The molecule has 0 saturated heterocycles. The lowest BCUT2D eigenvalue weighted by Gasteiger charge is -2.20. The van der Waals surface area contributed by atoms with Gasteiger partial charge in [-0.05, 0) is 24.2 Å². The van der Waals surface area contributed by atoms with Gasteiger partial charge in [0.2, 0.25) is 5.91 Å². The second-order valence-electron chi connectivity index (χ2n) is 5.53. The van der Waals surface area contributed by atoms with E-state index in [1.165, 1.54) is 0 Å². The normalized spacial score (nSPS) is 15.2. The molecule has 0 spiro atoms. The highest BCUT2D eigenvalue weighted by atomic mass is 16.1. The molecule has 2 atom stereocenters. The van der Waals surface area contributed by atoms with Gasteiger partial charge in [0, 0.05) is 13.1 Å². The Hall–Kier alpha value is -0.570. The van der Waals surface area contributed by atoms with E-state index in [1.807, 2.05) is 0 Å². The first kappa shape index (κ1) is 15.4. The molecule has 3 heteroatoms. The summed E-state index contributed by atoms with van der Waals surface area (Å²) in [6.45, 7) is 11.9. The minimum Gasteiger partial charge on any atom is -0.356 e. The molecule has 1 amide bonds. The van der Waals surface area contributed by atoms with Crippen molar-refractivity contribution < 1.29 is 4.79 Å². The third-order valence-corrected chi connectivity index (χ3v) is 3.15. The summed E-state index contributed by atoms with van der Waals surface area (Å²) in [6, 6.07) is 0. The summed E-state index contributed by atoms with van der Waals surface area (Å²) in [5, 5.41) is 3.00. The first-order chi connectivity index (χ1) is 7.38. The van der Waals surface area contributed by atoms with E-state index in [2.05, 4.69) is 39.9 Å². The summed E-state index contributed by atoms with van der Waals surface area (Å²) in [6.07, 6.45) is 0.873. The van der Waals surface area contributed by atoms with Gasteiger partial charge in [0.1, 0.15) is 0 Å². The van der Waals surface area contributed by atoms with E-state index < -0.39 is 0 Å². The summed E-state index contributed by atoms with van der Waals surface area (Å²) in [7, 11) is 0. The number of hydrogen-bond donors (Lipinski definition) is 2. The average Bonchev–Trinajstić information content (AvgIpc) is 2.21. The molecule has 2 unspecified atom stereocenters. The highest BCUT2D eigenvalue weighted by molar-refractivity contribution is 5.78. The number of rotatable bonds is 7. The first-order valence-electron chi connectivity index (χ1n) is 6.36. The zero-order valence-corrected chi connectivity index (χ0v) is 11.4. The standard InChI is InChI=1S/C13H28N2O/c1-9(2)6-12(7-14)13(16)15-8-11(5)10(3)4/h9-12H,6-8,14H2,1-5H3,(H,15,16). The van der Waals surface area contributed by atoms with Gasteiger partial charge in [-0.1, -0.05) is 34.6 Å². The van der Waals surface area contributed by atoms with Crippen molar-refractivity contribution in [1.82, 2.24) is 5.32 Å². The van der Waals surface area contributed by atoms with Gasteiger partial charge in [-0.25, -0.2) is 0 Å². The maximum atomic E-state index is 11.8. The molecule has 3 N–H and O–H groups in total. The third-order valence-electron chi connectivity index (χ3n) is 3.15. The van der Waals surface area contributed by atoms with Crippen LogP contribution in [-0.2, 0) is 4.79 Å². The zero-order chi connectivity index (χ0) is 12.7. The maximum Gasteiger partial charge on any atom is 0.224 e. The summed E-state index contributed by atoms with van der Waals surface area (Å²) in [4.78, 5) is 11.8. The maximum absolute atomic E-state index is 11.8. The van der Waals surface area contributed by atoms with Crippen molar-refractivity contribution in [2.24, 2.45) is 29.4 Å². The van der Waals surface area contributed by atoms with Crippen molar-refractivity contribution in [3.63, 3.8) is 0 Å². The largest absolute Gasteiger partial charge is 0.356 e. The molecule has 0 aliphatic rings. The molecule has 0 fully saturated rings. The molecule has 3 nitrogen and oxygen atoms in total. The van der Waals surface area contributed by atoms with E-state index >= 15 is 0 Å². The number of hydrogen-bond acceptors (Lipinski definition) is 2. The fraction of sp³-hybridized carbons (Fsp3) is 0.923. The molecule has 0 aliphatic heterocycles. The van der Waals surface area contributed by atoms with Crippen molar-refractivity contribution in [1.29, 1.82) is 0 Å². The van der Waals surface area contributed by atoms with Crippen LogP contribution < -0.4 is 11.1 Å². The third kappa shape index (κ3) is 6.11. The molecule has 0 aromatic heterocycles. The topological polar surface area (TPSA) is 55.1 Å². The quantitative estimate of drug-likeness (QED) is 0.700. The Morgan fingerprint density at radius 1 is 1.19 bits per heavy atom. The molecule has 0 aromatic carbocycles. The van der Waals surface area contributed by atoms with Crippen molar-refractivity contribution in [2.75, 3.05) is 13.1 Å². The number of carbonyl (C=O) groups excluding carboxylic acids is 1. The van der Waals surface area contributed by atoms with Crippen LogP contribution in [0.3, 0.4) is 0 Å². The van der Waals surface area contributed by atoms with Gasteiger partial charge < -0.3 is 11.1 Å². The second-order valence-corrected chi connectivity index (χ2v) is 5.53. The predicted octanol–water partition coefficient (Wildman–Crippen LogP) is 2.02. The van der Waals surface area contributed by atoms with E-state index in [-0.39, 0.29) is 11.8 Å². The lowest BCUT2D eigenvalue weighted by Crippen LogP contribution is -2.38. The van der Waals surface area contributed by atoms with Crippen LogP contribution in [0.5, 0.6) is 0 Å². The van der Waals surface area contributed by atoms with Gasteiger partial charge >= 0.3 is 0 Å². The molecule has 0 bridgehead atoms. The van der Waals surface area contributed by atoms with Gasteiger partial charge in [0.25, 0.3) is 0 Å². The van der Waals surface area contributed by atoms with E-state index in [9.17, 15) is 4.79 Å². The van der Waals surface area contributed by atoms with Gasteiger partial charge in [-0.2, -0.15) is 0 Å². The van der Waals surface area contributed by atoms with Crippen LogP contribution in [0, 0.1) is 23.7 Å². The molecule has 0 aliphatic carbocycles. The highest BCUT2D eigenvalue weighted by Gasteiger charge is 2.18. The van der Waals surface area contributed by atoms with Crippen LogP contribution in [-0.4, -0.2) is 19.0 Å². The SMILES string of the molecule is CC(C)CC(CN)C(=O)NCC(C)C(C)C. The van der Waals surface area contributed by atoms with Crippen LogP contribution in [0.25, 0.3) is 0 Å². The van der Waals surface area contributed by atoms with E-state index in [1.54, 1.807) is 0 Å². The molecule has 96 valence electrons. The van der Waals surface area contributed by atoms with Crippen molar-refractivity contribution >= 4 is 5.91 Å². The van der Waals surface area contributed by atoms with Crippen LogP contribution >= 0.6 is 0 Å². The molecule has 0 aromatic rings. The Morgan fingerprint density at radius 3 is 2.12 bits per heavy atom. The molecule has 16 heavy (non-hydrogen) atoms. The van der Waals surface area contributed by atoms with Crippen molar-refractivity contribution in [3.05, 3.63) is 0 Å². The Labute approximate surface area is 100 Å². The van der Waals surface area contributed by atoms with Gasteiger partial charge in [0.15, 0.2) is 0 Å². The van der Waals surface area contributed by atoms with Crippen LogP contribution in [0.1, 0.15) is 41.0 Å². The zero-order valence-electron chi connectivity index (χ0n) is 11.4. The van der Waals surface area contributed by atoms with E-state index in [4.69, 9.17) is 5.73 Å². The van der Waals surface area contributed by atoms with Crippen LogP contribution in [0.15, 0.2) is 0 Å². The van der Waals surface area contributed by atoms with Crippen molar-refractivity contribution in [2.45, 2.75) is 41.0 Å². The Kier molecular flexibility index (Phi) is 7.39. The van der Waals surface area contributed by atoms with Gasteiger partial charge in [-0.3, -0.25) is 4.79 Å². The number of amides is 1. The molecule has 0 heterocycles. The molecular formula is C13H28N2O. The fourth-order valence-electron chi connectivity index (χ4n) is 1.52. The Morgan fingerprint density at radius 2 is 1.75 bits per heavy atom. The van der Waals surface area contributed by atoms with Crippen LogP contribution in [0.4, 0.5) is 0 Å². The first-order valence-corrected chi connectivity index (χ1v) is 6.36. The van der Waals surface area contributed by atoms with Gasteiger partial charge in [-0.15, -0.1) is 0 Å². The molecular weight excluding hydrogens is 200 g/mol. The average molecular weight is 228 g/mol. The molecule has 0 saturated carbocycles. The summed E-state index contributed by atoms with van der Waals surface area (Å²) < 4.78 is 0. The predicted molar refractivity (Wildman–Crippen MR) is 69.0 cm³/mol. The highest BCUT2D eigenvalue weighted by Crippen LogP contribution is 2.12. The van der Waals surface area contributed by atoms with E-state index in [0.29, 0.717) is 24.3 Å². The minimum atomic E-state index is -0.0284. The molecule has 0 rings (SSSR count). The van der Waals surface area contributed by atoms with Crippen LogP contribution in [0.2, 0.25) is 0 Å². The smallest absolute Gasteiger partial charge is 0.224 e. The molecule has 0 radical (unpaired) electrons. The number of nitrogens with two attached hydrogens (primary N) is 1. The summed E-state index contributed by atoms with van der Waals surface area (Å²) >= 11 is 0. The second kappa shape index (κ2) is 7.66.